The molecule has 2 atom stereocenters. The second-order valence-corrected chi connectivity index (χ2v) is 7.44. The van der Waals surface area contributed by atoms with Crippen LogP contribution in [0.3, 0.4) is 0 Å². The summed E-state index contributed by atoms with van der Waals surface area (Å²) >= 11 is 0. The van der Waals surface area contributed by atoms with Gasteiger partial charge in [-0.25, -0.2) is 4.79 Å². The molecule has 2 aliphatic carbocycles. The molecule has 2 saturated carbocycles. The molecule has 3 fully saturated rings. The van der Waals surface area contributed by atoms with Gasteiger partial charge in [-0.05, 0) is 38.0 Å². The summed E-state index contributed by atoms with van der Waals surface area (Å²) < 4.78 is 11.5. The predicted molar refractivity (Wildman–Crippen MR) is 89.2 cm³/mol. The van der Waals surface area contributed by atoms with Crippen molar-refractivity contribution in [2.45, 2.75) is 89.0 Å². The average molecular weight is 324 g/mol. The first-order valence-electron chi connectivity index (χ1n) is 9.56. The number of carbonyl (C=O) groups excluding carboxylic acids is 1. The van der Waals surface area contributed by atoms with Crippen LogP contribution in [0.1, 0.15) is 71.1 Å². The van der Waals surface area contributed by atoms with Gasteiger partial charge in [0.25, 0.3) is 0 Å². The van der Waals surface area contributed by atoms with Gasteiger partial charge in [-0.1, -0.05) is 26.2 Å². The van der Waals surface area contributed by atoms with Crippen molar-refractivity contribution in [3.8, 4) is 0 Å². The van der Waals surface area contributed by atoms with Crippen LogP contribution in [-0.4, -0.2) is 37.1 Å². The van der Waals surface area contributed by atoms with Crippen molar-refractivity contribution >= 4 is 6.03 Å². The first kappa shape index (κ1) is 17.0. The Bertz CT molecular complexity index is 386. The van der Waals surface area contributed by atoms with Gasteiger partial charge in [0.2, 0.25) is 0 Å². The Balaban J connectivity index is 1.39. The molecular weight excluding hydrogens is 292 g/mol. The number of urea groups is 1. The van der Waals surface area contributed by atoms with Crippen LogP contribution in [0.4, 0.5) is 4.79 Å². The van der Waals surface area contributed by atoms with Crippen molar-refractivity contribution in [2.24, 2.45) is 5.92 Å². The number of nitrogens with one attached hydrogen (secondary N) is 2. The second-order valence-electron chi connectivity index (χ2n) is 7.44. The van der Waals surface area contributed by atoms with Crippen molar-refractivity contribution in [3.63, 3.8) is 0 Å². The van der Waals surface area contributed by atoms with Crippen molar-refractivity contribution in [1.29, 1.82) is 0 Å². The minimum Gasteiger partial charge on any atom is -0.348 e. The zero-order valence-corrected chi connectivity index (χ0v) is 14.4. The Morgan fingerprint density at radius 2 is 1.83 bits per heavy atom. The molecule has 5 nitrogen and oxygen atoms in total. The van der Waals surface area contributed by atoms with Crippen LogP contribution in [0.25, 0.3) is 0 Å². The minimum atomic E-state index is -0.342. The van der Waals surface area contributed by atoms with Gasteiger partial charge < -0.3 is 20.1 Å². The lowest BCUT2D eigenvalue weighted by Crippen LogP contribution is -2.50. The highest BCUT2D eigenvalue weighted by Gasteiger charge is 2.40. The SMILES string of the molecule is CCCCC1CCCC1NC(=O)NC1CCC2(CC1)OCCO2. The minimum absolute atomic E-state index is 0.0209. The Hall–Kier alpha value is -0.810. The molecule has 132 valence electrons. The van der Waals surface area contributed by atoms with Crippen LogP contribution in [0.5, 0.6) is 0 Å². The summed E-state index contributed by atoms with van der Waals surface area (Å²) in [6.07, 6.45) is 11.1. The smallest absolute Gasteiger partial charge is 0.315 e. The molecule has 3 aliphatic rings. The summed E-state index contributed by atoms with van der Waals surface area (Å²) in [5, 5.41) is 6.40. The lowest BCUT2D eigenvalue weighted by Gasteiger charge is -2.35. The van der Waals surface area contributed by atoms with E-state index in [1.807, 2.05) is 0 Å². The molecule has 0 aromatic carbocycles. The normalized spacial score (nSPS) is 30.7. The maximum absolute atomic E-state index is 12.3. The number of carbonyl (C=O) groups is 1. The van der Waals surface area contributed by atoms with E-state index in [0.717, 1.165) is 32.1 Å². The number of amides is 2. The van der Waals surface area contributed by atoms with Crippen LogP contribution in [0.15, 0.2) is 0 Å². The summed E-state index contributed by atoms with van der Waals surface area (Å²) in [6, 6.07) is 0.648. The first-order chi connectivity index (χ1) is 11.2. The largest absolute Gasteiger partial charge is 0.348 e. The molecule has 0 radical (unpaired) electrons. The molecule has 3 rings (SSSR count). The summed E-state index contributed by atoms with van der Waals surface area (Å²) in [6.45, 7) is 3.65. The Kier molecular flexibility index (Phi) is 5.81. The third-order valence-corrected chi connectivity index (χ3v) is 5.80. The van der Waals surface area contributed by atoms with E-state index in [1.165, 1.54) is 32.1 Å². The Morgan fingerprint density at radius 3 is 2.52 bits per heavy atom. The van der Waals surface area contributed by atoms with Gasteiger partial charge in [-0.3, -0.25) is 0 Å². The van der Waals surface area contributed by atoms with Gasteiger partial charge in [-0.2, -0.15) is 0 Å². The van der Waals surface area contributed by atoms with Crippen molar-refractivity contribution < 1.29 is 14.3 Å². The van der Waals surface area contributed by atoms with E-state index in [2.05, 4.69) is 17.6 Å². The molecule has 1 aliphatic heterocycles. The number of ether oxygens (including phenoxy) is 2. The lowest BCUT2D eigenvalue weighted by molar-refractivity contribution is -0.179. The highest BCUT2D eigenvalue weighted by molar-refractivity contribution is 5.74. The number of hydrogen-bond acceptors (Lipinski definition) is 3. The van der Waals surface area contributed by atoms with Crippen LogP contribution in [0.2, 0.25) is 0 Å². The van der Waals surface area contributed by atoms with E-state index >= 15 is 0 Å². The van der Waals surface area contributed by atoms with E-state index in [9.17, 15) is 4.79 Å². The van der Waals surface area contributed by atoms with Crippen LogP contribution >= 0.6 is 0 Å². The highest BCUT2D eigenvalue weighted by Crippen LogP contribution is 2.35. The molecule has 1 saturated heterocycles. The second kappa shape index (κ2) is 7.84. The lowest BCUT2D eigenvalue weighted by atomic mass is 9.90. The fourth-order valence-electron chi connectivity index (χ4n) is 4.42. The molecular formula is C18H32N2O3. The van der Waals surface area contributed by atoms with Gasteiger partial charge in [0.05, 0.1) is 13.2 Å². The quantitative estimate of drug-likeness (QED) is 0.815. The molecule has 0 aromatic heterocycles. The van der Waals surface area contributed by atoms with Crippen molar-refractivity contribution in [1.82, 2.24) is 10.6 Å². The zero-order valence-electron chi connectivity index (χ0n) is 14.4. The first-order valence-corrected chi connectivity index (χ1v) is 9.56. The summed E-state index contributed by atoms with van der Waals surface area (Å²) in [4.78, 5) is 12.3. The molecule has 2 unspecified atom stereocenters. The fourth-order valence-corrected chi connectivity index (χ4v) is 4.42. The molecule has 5 heteroatoms. The number of unbranched alkanes of at least 4 members (excludes halogenated alkanes) is 1. The molecule has 2 amide bonds. The van der Waals surface area contributed by atoms with Crippen LogP contribution in [-0.2, 0) is 9.47 Å². The van der Waals surface area contributed by atoms with Gasteiger partial charge >= 0.3 is 6.03 Å². The number of hydrogen-bond donors (Lipinski definition) is 2. The highest BCUT2D eigenvalue weighted by atomic mass is 16.7. The van der Waals surface area contributed by atoms with Gasteiger partial charge in [0, 0.05) is 24.9 Å². The Morgan fingerprint density at radius 1 is 1.09 bits per heavy atom. The molecule has 0 bridgehead atoms. The third-order valence-electron chi connectivity index (χ3n) is 5.80. The van der Waals surface area contributed by atoms with E-state index in [4.69, 9.17) is 9.47 Å². The molecule has 0 aromatic rings. The van der Waals surface area contributed by atoms with E-state index in [1.54, 1.807) is 0 Å². The molecule has 2 N–H and O–H groups in total. The van der Waals surface area contributed by atoms with Gasteiger partial charge in [-0.15, -0.1) is 0 Å². The van der Waals surface area contributed by atoms with E-state index < -0.39 is 0 Å². The zero-order chi connectivity index (χ0) is 16.1. The summed E-state index contributed by atoms with van der Waals surface area (Å²) in [5.41, 5.74) is 0. The number of rotatable bonds is 5. The van der Waals surface area contributed by atoms with Crippen molar-refractivity contribution in [3.05, 3.63) is 0 Å². The van der Waals surface area contributed by atoms with E-state index in [0.29, 0.717) is 25.2 Å². The maximum atomic E-state index is 12.3. The van der Waals surface area contributed by atoms with Crippen LogP contribution in [0, 0.1) is 5.92 Å². The topological polar surface area (TPSA) is 59.6 Å². The standard InChI is InChI=1S/C18H32N2O3/c1-2-3-5-14-6-4-7-16(14)20-17(21)19-15-8-10-18(11-9-15)22-12-13-23-18/h14-16H,2-13H2,1H3,(H2,19,20,21). The van der Waals surface area contributed by atoms with Crippen molar-refractivity contribution in [2.75, 3.05) is 13.2 Å². The average Bonchev–Trinajstić information content (AvgIpc) is 3.18. The Labute approximate surface area is 139 Å². The summed E-state index contributed by atoms with van der Waals surface area (Å²) in [5.74, 6) is 0.335. The molecule has 23 heavy (non-hydrogen) atoms. The fraction of sp³-hybridized carbons (Fsp3) is 0.944. The van der Waals surface area contributed by atoms with Gasteiger partial charge in [0.15, 0.2) is 5.79 Å². The predicted octanol–water partition coefficient (Wildman–Crippen LogP) is 3.33. The van der Waals surface area contributed by atoms with E-state index in [-0.39, 0.29) is 17.9 Å². The maximum Gasteiger partial charge on any atom is 0.315 e. The molecule has 1 spiro atoms. The third kappa shape index (κ3) is 4.38. The molecule has 1 heterocycles. The summed E-state index contributed by atoms with van der Waals surface area (Å²) in [7, 11) is 0. The van der Waals surface area contributed by atoms with Gasteiger partial charge in [0.1, 0.15) is 0 Å². The monoisotopic (exact) mass is 324 g/mol. The van der Waals surface area contributed by atoms with Crippen LogP contribution < -0.4 is 10.6 Å².